The average Bonchev–Trinajstić information content (AvgIpc) is 3.14. The van der Waals surface area contributed by atoms with Gasteiger partial charge in [0.05, 0.1) is 13.7 Å². The van der Waals surface area contributed by atoms with Gasteiger partial charge in [-0.25, -0.2) is 0 Å². The van der Waals surface area contributed by atoms with Crippen molar-refractivity contribution >= 4 is 0 Å². The predicted octanol–water partition coefficient (Wildman–Crippen LogP) is 2.69. The van der Waals surface area contributed by atoms with Gasteiger partial charge >= 0.3 is 0 Å². The summed E-state index contributed by atoms with van der Waals surface area (Å²) in [6, 6.07) is 4.54. The van der Waals surface area contributed by atoms with Crippen LogP contribution in [0.4, 0.5) is 0 Å². The summed E-state index contributed by atoms with van der Waals surface area (Å²) in [5, 5.41) is 9.76. The maximum atomic E-state index is 9.76. The first-order valence-electron chi connectivity index (χ1n) is 6.87. The molecule has 3 nitrogen and oxygen atoms in total. The van der Waals surface area contributed by atoms with Gasteiger partial charge in [-0.2, -0.15) is 0 Å². The lowest BCUT2D eigenvalue weighted by Gasteiger charge is -2.33. The molecular formula is C16H25NO2. The van der Waals surface area contributed by atoms with Crippen LogP contribution >= 0.6 is 0 Å². The van der Waals surface area contributed by atoms with Gasteiger partial charge in [0.1, 0.15) is 5.75 Å². The number of hydrogen-bond donors (Lipinski definition) is 1. The molecule has 1 fully saturated rings. The van der Waals surface area contributed by atoms with E-state index in [1.165, 1.54) is 16.7 Å². The standard InChI is InChI=1S/C16H25NO2/c1-11-8-13(14(19-5)9-12(11)2)15(17(3)4)16(10-18)6-7-16/h8-9,15,18H,6-7,10H2,1-5H3. The molecule has 3 heteroatoms. The monoisotopic (exact) mass is 263 g/mol. The molecule has 1 aromatic carbocycles. The molecule has 0 bridgehead atoms. The van der Waals surface area contributed by atoms with Gasteiger partial charge in [-0.15, -0.1) is 0 Å². The van der Waals surface area contributed by atoms with Crippen molar-refractivity contribution in [2.24, 2.45) is 5.41 Å². The number of rotatable bonds is 5. The summed E-state index contributed by atoms with van der Waals surface area (Å²) in [5.74, 6) is 0.932. The van der Waals surface area contributed by atoms with Crippen molar-refractivity contribution in [1.29, 1.82) is 0 Å². The third-order valence-corrected chi connectivity index (χ3v) is 4.44. The summed E-state index contributed by atoms with van der Waals surface area (Å²) in [6.45, 7) is 4.47. The van der Waals surface area contributed by atoms with Crippen LogP contribution in [0.2, 0.25) is 0 Å². The zero-order valence-electron chi connectivity index (χ0n) is 12.7. The van der Waals surface area contributed by atoms with Crippen LogP contribution < -0.4 is 4.74 Å². The second-order valence-electron chi connectivity index (χ2n) is 6.07. The zero-order valence-corrected chi connectivity index (χ0v) is 12.7. The van der Waals surface area contributed by atoms with Crippen LogP contribution in [0.15, 0.2) is 12.1 Å². The molecule has 2 rings (SSSR count). The molecule has 106 valence electrons. The Hall–Kier alpha value is -1.06. The number of methoxy groups -OCH3 is 1. The van der Waals surface area contributed by atoms with Crippen LogP contribution in [0.3, 0.4) is 0 Å². The largest absolute Gasteiger partial charge is 0.496 e. The summed E-state index contributed by atoms with van der Waals surface area (Å²) in [5.41, 5.74) is 3.73. The van der Waals surface area contributed by atoms with Crippen molar-refractivity contribution in [3.63, 3.8) is 0 Å². The summed E-state index contributed by atoms with van der Waals surface area (Å²) < 4.78 is 5.57. The van der Waals surface area contributed by atoms with Gasteiger partial charge in [0.2, 0.25) is 0 Å². The third kappa shape index (κ3) is 2.49. The smallest absolute Gasteiger partial charge is 0.123 e. The van der Waals surface area contributed by atoms with Crippen LogP contribution in [0, 0.1) is 19.3 Å². The molecule has 0 heterocycles. The summed E-state index contributed by atoms with van der Waals surface area (Å²) >= 11 is 0. The normalized spacial score (nSPS) is 18.5. The second kappa shape index (κ2) is 5.14. The molecule has 1 aliphatic rings. The number of benzene rings is 1. The summed E-state index contributed by atoms with van der Waals surface area (Å²) in [4.78, 5) is 2.20. The SMILES string of the molecule is COc1cc(C)c(C)cc1C(N(C)C)C1(CO)CC1. The average molecular weight is 263 g/mol. The molecule has 1 saturated carbocycles. The van der Waals surface area contributed by atoms with Crippen LogP contribution in [0.1, 0.15) is 35.6 Å². The molecule has 0 spiro atoms. The van der Waals surface area contributed by atoms with E-state index in [0.717, 1.165) is 18.6 Å². The van der Waals surface area contributed by atoms with Gasteiger partial charge in [0.15, 0.2) is 0 Å². The maximum absolute atomic E-state index is 9.76. The first-order valence-corrected chi connectivity index (χ1v) is 6.87. The first-order chi connectivity index (χ1) is 8.95. The fraction of sp³-hybridized carbons (Fsp3) is 0.625. The van der Waals surface area contributed by atoms with Crippen LogP contribution in [-0.4, -0.2) is 37.8 Å². The molecular weight excluding hydrogens is 238 g/mol. The molecule has 0 saturated heterocycles. The number of nitrogens with zero attached hydrogens (tertiary/aromatic N) is 1. The van der Waals surface area contributed by atoms with E-state index in [1.54, 1.807) is 7.11 Å². The zero-order chi connectivity index (χ0) is 14.2. The van der Waals surface area contributed by atoms with E-state index in [4.69, 9.17) is 4.74 Å². The van der Waals surface area contributed by atoms with Crippen molar-refractivity contribution in [3.8, 4) is 5.75 Å². The quantitative estimate of drug-likeness (QED) is 0.886. The highest BCUT2D eigenvalue weighted by Crippen LogP contribution is 2.57. The molecule has 1 atom stereocenters. The summed E-state index contributed by atoms with van der Waals surface area (Å²) in [6.07, 6.45) is 2.17. The Bertz CT molecular complexity index is 464. The Kier molecular flexibility index (Phi) is 3.88. The van der Waals surface area contributed by atoms with E-state index in [2.05, 4.69) is 45.0 Å². The van der Waals surface area contributed by atoms with E-state index >= 15 is 0 Å². The third-order valence-electron chi connectivity index (χ3n) is 4.44. The fourth-order valence-corrected chi connectivity index (χ4v) is 3.04. The lowest BCUT2D eigenvalue weighted by Crippen LogP contribution is -2.31. The number of hydrogen-bond acceptors (Lipinski definition) is 3. The van der Waals surface area contributed by atoms with Crippen LogP contribution in [0.5, 0.6) is 5.75 Å². The Morgan fingerprint density at radius 3 is 2.26 bits per heavy atom. The van der Waals surface area contributed by atoms with Gasteiger partial charge in [0.25, 0.3) is 0 Å². The Balaban J connectivity index is 2.51. The number of aryl methyl sites for hydroxylation is 2. The lowest BCUT2D eigenvalue weighted by atomic mass is 9.87. The minimum atomic E-state index is 0.0124. The highest BCUT2D eigenvalue weighted by Gasteiger charge is 2.51. The van der Waals surface area contributed by atoms with Crippen molar-refractivity contribution in [2.45, 2.75) is 32.7 Å². The molecule has 0 aromatic heterocycles. The van der Waals surface area contributed by atoms with Crippen molar-refractivity contribution < 1.29 is 9.84 Å². The molecule has 19 heavy (non-hydrogen) atoms. The van der Waals surface area contributed by atoms with Crippen LogP contribution in [-0.2, 0) is 0 Å². The topological polar surface area (TPSA) is 32.7 Å². The fourth-order valence-electron chi connectivity index (χ4n) is 3.04. The molecule has 1 aliphatic carbocycles. The minimum Gasteiger partial charge on any atom is -0.496 e. The van der Waals surface area contributed by atoms with E-state index in [0.29, 0.717) is 0 Å². The molecule has 0 amide bonds. The van der Waals surface area contributed by atoms with E-state index < -0.39 is 0 Å². The first kappa shape index (κ1) is 14.4. The number of ether oxygens (including phenoxy) is 1. The van der Waals surface area contributed by atoms with Crippen molar-refractivity contribution in [2.75, 3.05) is 27.8 Å². The van der Waals surface area contributed by atoms with Gasteiger partial charge in [-0.3, -0.25) is 0 Å². The molecule has 0 aliphatic heterocycles. The highest BCUT2D eigenvalue weighted by atomic mass is 16.5. The summed E-state index contributed by atoms with van der Waals surface area (Å²) in [7, 11) is 5.88. The number of aliphatic hydroxyl groups is 1. The molecule has 1 N–H and O–H groups in total. The lowest BCUT2D eigenvalue weighted by molar-refractivity contribution is 0.113. The Morgan fingerprint density at radius 1 is 1.26 bits per heavy atom. The van der Waals surface area contributed by atoms with E-state index in [1.807, 2.05) is 0 Å². The van der Waals surface area contributed by atoms with E-state index in [9.17, 15) is 5.11 Å². The van der Waals surface area contributed by atoms with Crippen LogP contribution in [0.25, 0.3) is 0 Å². The molecule has 1 aromatic rings. The van der Waals surface area contributed by atoms with Gasteiger partial charge in [-0.1, -0.05) is 6.07 Å². The predicted molar refractivity (Wildman–Crippen MR) is 77.6 cm³/mol. The van der Waals surface area contributed by atoms with Crippen molar-refractivity contribution in [1.82, 2.24) is 4.90 Å². The molecule has 0 radical (unpaired) electrons. The van der Waals surface area contributed by atoms with E-state index in [-0.39, 0.29) is 18.1 Å². The van der Waals surface area contributed by atoms with Gasteiger partial charge < -0.3 is 14.7 Å². The highest BCUT2D eigenvalue weighted by molar-refractivity contribution is 5.45. The van der Waals surface area contributed by atoms with Gasteiger partial charge in [-0.05, 0) is 58.0 Å². The Morgan fingerprint density at radius 2 is 1.84 bits per heavy atom. The maximum Gasteiger partial charge on any atom is 0.123 e. The van der Waals surface area contributed by atoms with Gasteiger partial charge in [0, 0.05) is 17.0 Å². The number of aliphatic hydroxyl groups excluding tert-OH is 1. The Labute approximate surface area is 116 Å². The second-order valence-corrected chi connectivity index (χ2v) is 6.07. The van der Waals surface area contributed by atoms with Crippen molar-refractivity contribution in [3.05, 3.63) is 28.8 Å². The molecule has 1 unspecified atom stereocenters. The minimum absolute atomic E-state index is 0.0124.